The SMILES string of the molecule is Cc1nccc([C@@H]2CCCN(C(=O)CCc3ccnn3C)C2)n1. The molecule has 1 fully saturated rings. The number of aryl methyl sites for hydroxylation is 3. The van der Waals surface area contributed by atoms with Crippen LogP contribution < -0.4 is 0 Å². The molecule has 0 radical (unpaired) electrons. The summed E-state index contributed by atoms with van der Waals surface area (Å²) in [4.78, 5) is 23.2. The number of hydrogen-bond donors (Lipinski definition) is 0. The smallest absolute Gasteiger partial charge is 0.222 e. The number of amides is 1. The van der Waals surface area contributed by atoms with Gasteiger partial charge in [0.1, 0.15) is 5.82 Å². The van der Waals surface area contributed by atoms with Gasteiger partial charge in [-0.15, -0.1) is 0 Å². The van der Waals surface area contributed by atoms with Crippen molar-refractivity contribution >= 4 is 5.91 Å². The van der Waals surface area contributed by atoms with Crippen LogP contribution in [0.4, 0.5) is 0 Å². The number of likely N-dealkylation sites (tertiary alicyclic amines) is 1. The lowest BCUT2D eigenvalue weighted by molar-refractivity contribution is -0.132. The summed E-state index contributed by atoms with van der Waals surface area (Å²) >= 11 is 0. The minimum absolute atomic E-state index is 0.224. The summed E-state index contributed by atoms with van der Waals surface area (Å²) < 4.78 is 1.83. The van der Waals surface area contributed by atoms with E-state index in [4.69, 9.17) is 0 Å². The van der Waals surface area contributed by atoms with E-state index in [0.29, 0.717) is 12.3 Å². The molecule has 1 saturated heterocycles. The minimum Gasteiger partial charge on any atom is -0.342 e. The molecule has 0 N–H and O–H groups in total. The molecule has 3 heterocycles. The zero-order chi connectivity index (χ0) is 16.2. The Morgan fingerprint density at radius 3 is 2.96 bits per heavy atom. The highest BCUT2D eigenvalue weighted by Crippen LogP contribution is 2.25. The van der Waals surface area contributed by atoms with Crippen LogP contribution in [-0.2, 0) is 18.3 Å². The van der Waals surface area contributed by atoms with Gasteiger partial charge in [-0.3, -0.25) is 9.48 Å². The zero-order valence-electron chi connectivity index (χ0n) is 13.8. The number of rotatable bonds is 4. The normalized spacial score (nSPS) is 18.2. The molecule has 0 bridgehead atoms. The minimum atomic E-state index is 0.224. The fraction of sp³-hybridized carbons (Fsp3) is 0.529. The van der Waals surface area contributed by atoms with Crippen LogP contribution in [0.1, 0.15) is 42.4 Å². The van der Waals surface area contributed by atoms with Crippen LogP contribution in [0.15, 0.2) is 24.5 Å². The van der Waals surface area contributed by atoms with Crippen molar-refractivity contribution in [2.24, 2.45) is 7.05 Å². The van der Waals surface area contributed by atoms with Crippen molar-refractivity contribution in [3.8, 4) is 0 Å². The highest BCUT2D eigenvalue weighted by atomic mass is 16.2. The number of aromatic nitrogens is 4. The monoisotopic (exact) mass is 313 g/mol. The fourth-order valence-electron chi connectivity index (χ4n) is 3.19. The van der Waals surface area contributed by atoms with Crippen molar-refractivity contribution in [3.63, 3.8) is 0 Å². The summed E-state index contributed by atoms with van der Waals surface area (Å²) in [6.07, 6.45) is 6.97. The third kappa shape index (κ3) is 3.75. The van der Waals surface area contributed by atoms with E-state index in [-0.39, 0.29) is 5.91 Å². The average molecular weight is 313 g/mol. The van der Waals surface area contributed by atoms with Crippen molar-refractivity contribution in [2.75, 3.05) is 13.1 Å². The molecular weight excluding hydrogens is 290 g/mol. The molecular formula is C17H23N5O. The van der Waals surface area contributed by atoms with Crippen molar-refractivity contribution in [1.82, 2.24) is 24.6 Å². The third-order valence-electron chi connectivity index (χ3n) is 4.51. The van der Waals surface area contributed by atoms with E-state index in [9.17, 15) is 4.79 Å². The van der Waals surface area contributed by atoms with Gasteiger partial charge in [0, 0.05) is 56.3 Å². The zero-order valence-corrected chi connectivity index (χ0v) is 13.8. The van der Waals surface area contributed by atoms with Gasteiger partial charge >= 0.3 is 0 Å². The molecule has 1 aliphatic rings. The maximum absolute atomic E-state index is 12.5. The van der Waals surface area contributed by atoms with E-state index in [1.54, 1.807) is 12.4 Å². The third-order valence-corrected chi connectivity index (χ3v) is 4.51. The second kappa shape index (κ2) is 6.89. The molecule has 1 amide bonds. The summed E-state index contributed by atoms with van der Waals surface area (Å²) in [7, 11) is 1.91. The first-order chi connectivity index (χ1) is 11.1. The Labute approximate surface area is 136 Å². The van der Waals surface area contributed by atoms with Gasteiger partial charge in [-0.2, -0.15) is 5.10 Å². The van der Waals surface area contributed by atoms with Gasteiger partial charge in [0.2, 0.25) is 5.91 Å². The molecule has 0 saturated carbocycles. The molecule has 23 heavy (non-hydrogen) atoms. The van der Waals surface area contributed by atoms with E-state index in [0.717, 1.165) is 49.6 Å². The van der Waals surface area contributed by atoms with Crippen LogP contribution in [-0.4, -0.2) is 43.6 Å². The number of carbonyl (C=O) groups excluding carboxylic acids is 1. The van der Waals surface area contributed by atoms with Crippen molar-refractivity contribution in [2.45, 2.75) is 38.5 Å². The van der Waals surface area contributed by atoms with Crippen LogP contribution in [0.3, 0.4) is 0 Å². The molecule has 122 valence electrons. The summed E-state index contributed by atoms with van der Waals surface area (Å²) in [6, 6.07) is 3.94. The number of carbonyl (C=O) groups is 1. The maximum Gasteiger partial charge on any atom is 0.222 e. The molecule has 1 atom stereocenters. The van der Waals surface area contributed by atoms with Gasteiger partial charge in [-0.25, -0.2) is 9.97 Å². The lowest BCUT2D eigenvalue weighted by Gasteiger charge is -2.32. The van der Waals surface area contributed by atoms with Crippen LogP contribution >= 0.6 is 0 Å². The van der Waals surface area contributed by atoms with E-state index < -0.39 is 0 Å². The highest BCUT2D eigenvalue weighted by molar-refractivity contribution is 5.76. The Morgan fingerprint density at radius 1 is 1.35 bits per heavy atom. The van der Waals surface area contributed by atoms with Crippen LogP contribution in [0, 0.1) is 6.92 Å². The van der Waals surface area contributed by atoms with Gasteiger partial charge in [-0.05, 0) is 38.3 Å². The lowest BCUT2D eigenvalue weighted by Crippen LogP contribution is -2.39. The predicted octanol–water partition coefficient (Wildman–Crippen LogP) is 1.86. The van der Waals surface area contributed by atoms with Crippen LogP contribution in [0.5, 0.6) is 0 Å². The highest BCUT2D eigenvalue weighted by Gasteiger charge is 2.25. The molecule has 1 aliphatic heterocycles. The summed E-state index contributed by atoms with van der Waals surface area (Å²) in [5.41, 5.74) is 2.15. The van der Waals surface area contributed by atoms with Gasteiger partial charge < -0.3 is 4.90 Å². The average Bonchev–Trinajstić information content (AvgIpc) is 2.98. The quantitative estimate of drug-likeness (QED) is 0.864. The molecule has 0 aliphatic carbocycles. The molecule has 6 nitrogen and oxygen atoms in total. The standard InChI is InChI=1S/C17H23N5O/c1-13-18-9-8-16(20-13)14-4-3-11-22(12-14)17(23)6-5-15-7-10-19-21(15)2/h7-10,14H,3-6,11-12H2,1-2H3/t14-/m1/s1. The Hall–Kier alpha value is -2.24. The van der Waals surface area contributed by atoms with E-state index in [1.807, 2.05) is 35.7 Å². The summed E-state index contributed by atoms with van der Waals surface area (Å²) in [5.74, 6) is 1.34. The first-order valence-corrected chi connectivity index (χ1v) is 8.17. The van der Waals surface area contributed by atoms with Crippen molar-refractivity contribution in [3.05, 3.63) is 41.7 Å². The maximum atomic E-state index is 12.5. The summed E-state index contributed by atoms with van der Waals surface area (Å²) in [6.45, 7) is 3.52. The number of nitrogens with zero attached hydrogens (tertiary/aromatic N) is 5. The molecule has 0 spiro atoms. The Kier molecular flexibility index (Phi) is 4.69. The molecule has 0 unspecified atom stereocenters. The van der Waals surface area contributed by atoms with Crippen molar-refractivity contribution in [1.29, 1.82) is 0 Å². The van der Waals surface area contributed by atoms with E-state index >= 15 is 0 Å². The van der Waals surface area contributed by atoms with E-state index in [1.165, 1.54) is 0 Å². The Bertz CT molecular complexity index is 681. The van der Waals surface area contributed by atoms with Crippen LogP contribution in [0.2, 0.25) is 0 Å². The first kappa shape index (κ1) is 15.6. The van der Waals surface area contributed by atoms with Gasteiger partial charge in [0.05, 0.1) is 0 Å². The van der Waals surface area contributed by atoms with Crippen molar-refractivity contribution < 1.29 is 4.79 Å². The topological polar surface area (TPSA) is 63.9 Å². The second-order valence-corrected chi connectivity index (χ2v) is 6.15. The molecule has 2 aromatic rings. The molecule has 2 aromatic heterocycles. The predicted molar refractivity (Wildman–Crippen MR) is 86.9 cm³/mol. The summed E-state index contributed by atoms with van der Waals surface area (Å²) in [5, 5.41) is 4.14. The van der Waals surface area contributed by atoms with Crippen LogP contribution in [0.25, 0.3) is 0 Å². The molecule has 6 heteroatoms. The lowest BCUT2D eigenvalue weighted by atomic mass is 9.94. The largest absolute Gasteiger partial charge is 0.342 e. The first-order valence-electron chi connectivity index (χ1n) is 8.17. The van der Waals surface area contributed by atoms with E-state index in [2.05, 4.69) is 15.1 Å². The second-order valence-electron chi connectivity index (χ2n) is 6.15. The van der Waals surface area contributed by atoms with Gasteiger partial charge in [-0.1, -0.05) is 0 Å². The van der Waals surface area contributed by atoms with Gasteiger partial charge in [0.15, 0.2) is 0 Å². The Balaban J connectivity index is 1.59. The number of hydrogen-bond acceptors (Lipinski definition) is 4. The molecule has 3 rings (SSSR count). The number of piperidine rings is 1. The van der Waals surface area contributed by atoms with Gasteiger partial charge in [0.25, 0.3) is 0 Å². The Morgan fingerprint density at radius 2 is 2.22 bits per heavy atom. The molecule has 0 aromatic carbocycles. The fourth-order valence-corrected chi connectivity index (χ4v) is 3.19.